The lowest BCUT2D eigenvalue weighted by Crippen LogP contribution is -2.36. The fourth-order valence-corrected chi connectivity index (χ4v) is 5.88. The van der Waals surface area contributed by atoms with E-state index in [0.29, 0.717) is 24.1 Å². The van der Waals surface area contributed by atoms with Gasteiger partial charge in [0.15, 0.2) is 0 Å². The van der Waals surface area contributed by atoms with Crippen LogP contribution in [0.1, 0.15) is 22.8 Å². The van der Waals surface area contributed by atoms with E-state index in [1.807, 2.05) is 48.2 Å². The summed E-state index contributed by atoms with van der Waals surface area (Å²) in [5, 5.41) is 0.358. The van der Waals surface area contributed by atoms with Crippen molar-refractivity contribution in [2.24, 2.45) is 0 Å². The quantitative estimate of drug-likeness (QED) is 0.750. The standard InChI is InChI=1S/C20H25NO3S2/c1-17-7-5-6-10-19(17)20-11-12-21(13-15-25-20)26(22,23)16-14-24-18-8-3-2-4-9-18/h2-10,20H,11-16H2,1H3. The van der Waals surface area contributed by atoms with E-state index >= 15 is 0 Å². The molecular formula is C20H25NO3S2. The Morgan fingerprint density at radius 2 is 1.81 bits per heavy atom. The van der Waals surface area contributed by atoms with Crippen LogP contribution >= 0.6 is 11.8 Å². The Bertz CT molecular complexity index is 809. The number of aryl methyl sites for hydroxylation is 1. The zero-order valence-electron chi connectivity index (χ0n) is 15.0. The normalized spacial score (nSPS) is 19.0. The number of hydrogen-bond donors (Lipinski definition) is 0. The molecule has 0 bridgehead atoms. The summed E-state index contributed by atoms with van der Waals surface area (Å²) in [5.74, 6) is 1.54. The van der Waals surface area contributed by atoms with Gasteiger partial charge < -0.3 is 4.74 Å². The third-order valence-electron chi connectivity index (χ3n) is 4.58. The molecule has 1 aliphatic heterocycles. The summed E-state index contributed by atoms with van der Waals surface area (Å²) >= 11 is 1.85. The van der Waals surface area contributed by atoms with E-state index < -0.39 is 10.0 Å². The maximum absolute atomic E-state index is 12.7. The number of benzene rings is 2. The number of sulfonamides is 1. The van der Waals surface area contributed by atoms with Crippen molar-refractivity contribution in [3.05, 3.63) is 65.7 Å². The predicted octanol–water partition coefficient (Wildman–Crippen LogP) is 3.88. The van der Waals surface area contributed by atoms with Crippen molar-refractivity contribution >= 4 is 21.8 Å². The minimum atomic E-state index is -3.30. The first-order valence-electron chi connectivity index (χ1n) is 8.89. The minimum absolute atomic E-state index is 0.0155. The monoisotopic (exact) mass is 391 g/mol. The second-order valence-corrected chi connectivity index (χ2v) is 9.78. The minimum Gasteiger partial charge on any atom is -0.492 e. The van der Waals surface area contributed by atoms with Crippen LogP contribution in [0.2, 0.25) is 0 Å². The van der Waals surface area contributed by atoms with Crippen molar-refractivity contribution < 1.29 is 13.2 Å². The lowest BCUT2D eigenvalue weighted by Gasteiger charge is -2.20. The van der Waals surface area contributed by atoms with Crippen LogP contribution in [0.3, 0.4) is 0 Å². The summed E-state index contributed by atoms with van der Waals surface area (Å²) in [6.45, 7) is 3.44. The van der Waals surface area contributed by atoms with Gasteiger partial charge in [0.05, 0.1) is 5.75 Å². The summed E-state index contributed by atoms with van der Waals surface area (Å²) in [4.78, 5) is 0. The zero-order chi connectivity index (χ0) is 18.4. The highest BCUT2D eigenvalue weighted by atomic mass is 32.2. The van der Waals surface area contributed by atoms with Crippen LogP contribution in [0.4, 0.5) is 0 Å². The van der Waals surface area contributed by atoms with Gasteiger partial charge in [-0.2, -0.15) is 11.8 Å². The van der Waals surface area contributed by atoms with Crippen LogP contribution in [0.25, 0.3) is 0 Å². The molecule has 6 heteroatoms. The average molecular weight is 392 g/mol. The number of para-hydroxylation sites is 1. The zero-order valence-corrected chi connectivity index (χ0v) is 16.6. The maximum Gasteiger partial charge on any atom is 0.217 e. The molecule has 1 atom stereocenters. The van der Waals surface area contributed by atoms with Gasteiger partial charge in [-0.1, -0.05) is 42.5 Å². The number of rotatable bonds is 6. The van der Waals surface area contributed by atoms with Gasteiger partial charge >= 0.3 is 0 Å². The van der Waals surface area contributed by atoms with Gasteiger partial charge in [0, 0.05) is 24.1 Å². The fourth-order valence-electron chi connectivity index (χ4n) is 3.14. The average Bonchev–Trinajstić information content (AvgIpc) is 2.90. The van der Waals surface area contributed by atoms with E-state index in [4.69, 9.17) is 4.74 Å². The molecule has 0 amide bonds. The van der Waals surface area contributed by atoms with E-state index in [2.05, 4.69) is 25.1 Å². The van der Waals surface area contributed by atoms with Gasteiger partial charge in [0.2, 0.25) is 10.0 Å². The first-order chi connectivity index (χ1) is 12.6. The van der Waals surface area contributed by atoms with Crippen LogP contribution in [0, 0.1) is 6.92 Å². The summed E-state index contributed by atoms with van der Waals surface area (Å²) < 4.78 is 32.5. The van der Waals surface area contributed by atoms with E-state index in [0.717, 1.165) is 12.2 Å². The van der Waals surface area contributed by atoms with Crippen molar-refractivity contribution in [3.63, 3.8) is 0 Å². The van der Waals surface area contributed by atoms with Gasteiger partial charge in [-0.3, -0.25) is 0 Å². The van der Waals surface area contributed by atoms with Crippen LogP contribution in [0.15, 0.2) is 54.6 Å². The van der Waals surface area contributed by atoms with Crippen molar-refractivity contribution in [2.75, 3.05) is 31.2 Å². The Balaban J connectivity index is 1.56. The highest BCUT2D eigenvalue weighted by Gasteiger charge is 2.27. The number of nitrogens with zero attached hydrogens (tertiary/aromatic N) is 1. The van der Waals surface area contributed by atoms with E-state index in [9.17, 15) is 8.42 Å². The lowest BCUT2D eigenvalue weighted by atomic mass is 10.0. The molecule has 2 aromatic carbocycles. The number of ether oxygens (including phenoxy) is 1. The summed E-state index contributed by atoms with van der Waals surface area (Å²) in [6.07, 6.45) is 0.842. The fraction of sp³-hybridized carbons (Fsp3) is 0.400. The molecule has 1 unspecified atom stereocenters. The lowest BCUT2D eigenvalue weighted by molar-refractivity contribution is 0.335. The van der Waals surface area contributed by atoms with Gasteiger partial charge in [-0.05, 0) is 36.6 Å². The molecule has 1 heterocycles. The SMILES string of the molecule is Cc1ccccc1C1CCN(S(=O)(=O)CCOc2ccccc2)CCS1. The molecule has 0 aliphatic carbocycles. The Morgan fingerprint density at radius 1 is 1.08 bits per heavy atom. The second kappa shape index (κ2) is 8.93. The van der Waals surface area contributed by atoms with Crippen LogP contribution in [0.5, 0.6) is 5.75 Å². The highest BCUT2D eigenvalue weighted by molar-refractivity contribution is 7.99. The molecule has 2 aromatic rings. The molecule has 1 aliphatic rings. The topological polar surface area (TPSA) is 46.6 Å². The van der Waals surface area contributed by atoms with Crippen LogP contribution in [-0.4, -0.2) is 43.9 Å². The third-order valence-corrected chi connectivity index (χ3v) is 7.73. The molecule has 1 saturated heterocycles. The second-order valence-electron chi connectivity index (χ2n) is 6.38. The highest BCUT2D eigenvalue weighted by Crippen LogP contribution is 2.36. The van der Waals surface area contributed by atoms with E-state index in [1.54, 1.807) is 4.31 Å². The Labute approximate surface area is 160 Å². The molecule has 1 fully saturated rings. The van der Waals surface area contributed by atoms with Gasteiger partial charge in [-0.25, -0.2) is 12.7 Å². The molecule has 0 N–H and O–H groups in total. The molecule has 0 spiro atoms. The number of hydrogen-bond acceptors (Lipinski definition) is 4. The van der Waals surface area contributed by atoms with Crippen molar-refractivity contribution in [1.82, 2.24) is 4.31 Å². The molecule has 26 heavy (non-hydrogen) atoms. The van der Waals surface area contributed by atoms with E-state index in [-0.39, 0.29) is 12.4 Å². The molecule has 3 rings (SSSR count). The molecular weight excluding hydrogens is 366 g/mol. The summed E-state index contributed by atoms with van der Waals surface area (Å²) in [5.41, 5.74) is 2.60. The van der Waals surface area contributed by atoms with Crippen molar-refractivity contribution in [1.29, 1.82) is 0 Å². The molecule has 140 valence electrons. The number of thioether (sulfide) groups is 1. The van der Waals surface area contributed by atoms with E-state index in [1.165, 1.54) is 11.1 Å². The van der Waals surface area contributed by atoms with Crippen LogP contribution < -0.4 is 4.74 Å². The molecule has 4 nitrogen and oxygen atoms in total. The largest absolute Gasteiger partial charge is 0.492 e. The first-order valence-corrected chi connectivity index (χ1v) is 11.5. The smallest absolute Gasteiger partial charge is 0.217 e. The van der Waals surface area contributed by atoms with Gasteiger partial charge in [0.1, 0.15) is 12.4 Å². The maximum atomic E-state index is 12.7. The van der Waals surface area contributed by atoms with Crippen LogP contribution in [-0.2, 0) is 10.0 Å². The van der Waals surface area contributed by atoms with Crippen molar-refractivity contribution in [3.8, 4) is 5.75 Å². The first kappa shape index (κ1) is 19.3. The molecule has 0 aromatic heterocycles. The Kier molecular flexibility index (Phi) is 6.62. The summed E-state index contributed by atoms with van der Waals surface area (Å²) in [6, 6.07) is 17.7. The molecule has 0 saturated carbocycles. The summed E-state index contributed by atoms with van der Waals surface area (Å²) in [7, 11) is -3.30. The Hall–Kier alpha value is -1.50. The van der Waals surface area contributed by atoms with Gasteiger partial charge in [0.25, 0.3) is 0 Å². The van der Waals surface area contributed by atoms with Crippen molar-refractivity contribution in [2.45, 2.75) is 18.6 Å². The molecule has 0 radical (unpaired) electrons. The predicted molar refractivity (Wildman–Crippen MR) is 108 cm³/mol. The Morgan fingerprint density at radius 3 is 2.58 bits per heavy atom. The third kappa shape index (κ3) is 5.02. The van der Waals surface area contributed by atoms with Gasteiger partial charge in [-0.15, -0.1) is 0 Å².